The molecule has 0 amide bonds. The minimum Gasteiger partial charge on any atom is -0.295 e. The zero-order valence-corrected chi connectivity index (χ0v) is 17.9. The van der Waals surface area contributed by atoms with Crippen molar-refractivity contribution in [3.05, 3.63) is 91.5 Å². The van der Waals surface area contributed by atoms with Gasteiger partial charge in [-0.15, -0.1) is 0 Å². The number of para-hydroxylation sites is 2. The minimum absolute atomic E-state index is 0.846. The van der Waals surface area contributed by atoms with Crippen molar-refractivity contribution >= 4 is 49.4 Å². The molecule has 0 unspecified atom stereocenters. The van der Waals surface area contributed by atoms with E-state index in [2.05, 4.69) is 86.7 Å². The predicted octanol–water partition coefficient (Wildman–Crippen LogP) is 6.48. The molecular weight excluding hydrogens is 394 g/mol. The van der Waals surface area contributed by atoms with Crippen LogP contribution >= 0.6 is 0 Å². The molecule has 3 aromatic heterocycles. The highest BCUT2D eigenvalue weighted by Crippen LogP contribution is 2.39. The van der Waals surface area contributed by atoms with Gasteiger partial charge in [0.1, 0.15) is 18.0 Å². The third kappa shape index (κ3) is 2.54. The summed E-state index contributed by atoms with van der Waals surface area (Å²) in [4.78, 5) is 13.5. The molecule has 6 rings (SSSR count). The largest absolute Gasteiger partial charge is 0.295 e. The molecule has 0 bridgehead atoms. The van der Waals surface area contributed by atoms with Crippen LogP contribution in [0.1, 0.15) is 13.8 Å². The lowest BCUT2D eigenvalue weighted by atomic mass is 10.1. The molecule has 0 atom stereocenters. The van der Waals surface area contributed by atoms with Crippen LogP contribution in [0, 0.1) is 0 Å². The molecular formula is C27H21N5. The number of benzene rings is 3. The van der Waals surface area contributed by atoms with Gasteiger partial charge in [0.25, 0.3) is 0 Å². The zero-order valence-electron chi connectivity index (χ0n) is 17.9. The van der Waals surface area contributed by atoms with Gasteiger partial charge in [0.15, 0.2) is 0 Å². The van der Waals surface area contributed by atoms with E-state index in [1.54, 1.807) is 12.5 Å². The van der Waals surface area contributed by atoms with Crippen molar-refractivity contribution < 1.29 is 0 Å². The van der Waals surface area contributed by atoms with Crippen molar-refractivity contribution in [2.45, 2.75) is 13.8 Å². The summed E-state index contributed by atoms with van der Waals surface area (Å²) in [6.07, 6.45) is 7.18. The van der Waals surface area contributed by atoms with E-state index in [1.807, 2.05) is 25.3 Å². The Balaban J connectivity index is 1.92. The van der Waals surface area contributed by atoms with Crippen molar-refractivity contribution in [1.82, 2.24) is 19.1 Å². The maximum atomic E-state index is 4.71. The van der Waals surface area contributed by atoms with E-state index >= 15 is 0 Å². The van der Waals surface area contributed by atoms with E-state index in [9.17, 15) is 0 Å². The van der Waals surface area contributed by atoms with Gasteiger partial charge in [0.05, 0.1) is 22.1 Å². The smallest absolute Gasteiger partial charge is 0.141 e. The topological polar surface area (TPSA) is 48.0 Å². The van der Waals surface area contributed by atoms with Crippen molar-refractivity contribution in [2.75, 3.05) is 0 Å². The summed E-state index contributed by atoms with van der Waals surface area (Å²) in [5.41, 5.74) is 4.51. The minimum atomic E-state index is 0.846. The molecule has 0 aliphatic carbocycles. The highest BCUT2D eigenvalue weighted by atomic mass is 15.1. The molecule has 5 heteroatoms. The third-order valence-electron chi connectivity index (χ3n) is 6.00. The van der Waals surface area contributed by atoms with Crippen LogP contribution in [-0.4, -0.2) is 24.9 Å². The molecule has 154 valence electrons. The van der Waals surface area contributed by atoms with E-state index in [1.165, 1.54) is 21.5 Å². The molecule has 6 aromatic rings. The number of aliphatic imine (C=N–C) groups is 1. The molecule has 0 spiro atoms. The highest BCUT2D eigenvalue weighted by Gasteiger charge is 2.21. The lowest BCUT2D eigenvalue weighted by Gasteiger charge is -2.11. The van der Waals surface area contributed by atoms with Crippen LogP contribution in [0.15, 0.2) is 96.5 Å². The second-order valence-corrected chi connectivity index (χ2v) is 7.79. The van der Waals surface area contributed by atoms with Gasteiger partial charge in [-0.25, -0.2) is 15.0 Å². The Kier molecular flexibility index (Phi) is 4.15. The van der Waals surface area contributed by atoms with Crippen molar-refractivity contribution in [2.24, 2.45) is 4.99 Å². The van der Waals surface area contributed by atoms with Crippen molar-refractivity contribution in [1.29, 1.82) is 0 Å². The maximum Gasteiger partial charge on any atom is 0.141 e. The van der Waals surface area contributed by atoms with Crippen LogP contribution in [0.5, 0.6) is 0 Å². The van der Waals surface area contributed by atoms with Crippen LogP contribution in [0.2, 0.25) is 0 Å². The first-order valence-corrected chi connectivity index (χ1v) is 10.7. The van der Waals surface area contributed by atoms with Gasteiger partial charge in [-0.1, -0.05) is 54.6 Å². The van der Waals surface area contributed by atoms with Gasteiger partial charge in [-0.05, 0) is 32.0 Å². The zero-order chi connectivity index (χ0) is 21.7. The standard InChI is InChI=1S/C27H21N5/c1-3-15-29-18(2)31-23-10-6-4-8-19(23)21-12-13-22-20-9-5-7-11-24(20)32(27(22)26(21)31)25-14-16-28-17-30-25/h3-17H,1-2H3/b15-3-,29-18?. The molecule has 3 aromatic carbocycles. The molecule has 0 radical (unpaired) electrons. The first-order chi connectivity index (χ1) is 15.8. The number of rotatable bonds is 2. The van der Waals surface area contributed by atoms with Crippen molar-refractivity contribution in [3.63, 3.8) is 0 Å². The number of fused-ring (bicyclic) bond motifs is 7. The summed E-state index contributed by atoms with van der Waals surface area (Å²) in [5.74, 6) is 1.76. The number of hydrogen-bond donors (Lipinski definition) is 0. The molecule has 3 heterocycles. The molecule has 32 heavy (non-hydrogen) atoms. The monoisotopic (exact) mass is 415 g/mol. The number of allylic oxidation sites excluding steroid dienone is 1. The molecule has 0 aliphatic rings. The van der Waals surface area contributed by atoms with Gasteiger partial charge in [0.2, 0.25) is 0 Å². The number of nitrogens with zero attached hydrogens (tertiary/aromatic N) is 5. The Labute approximate surface area is 185 Å². The fraction of sp³-hybridized carbons (Fsp3) is 0.0741. The average Bonchev–Trinajstić information content (AvgIpc) is 3.36. The van der Waals surface area contributed by atoms with Gasteiger partial charge in [-0.2, -0.15) is 0 Å². The van der Waals surface area contributed by atoms with Gasteiger partial charge >= 0.3 is 0 Å². The first kappa shape index (κ1) is 18.5. The SMILES string of the molecule is C/C=C\N=C(C)n1c2ccccc2c2ccc3c4ccccc4n(-c4ccncn4)c3c21. The summed E-state index contributed by atoms with van der Waals surface area (Å²) in [6, 6.07) is 23.4. The molecule has 0 N–H and O–H groups in total. The Morgan fingerprint density at radius 2 is 1.50 bits per heavy atom. The van der Waals surface area contributed by atoms with Gasteiger partial charge < -0.3 is 0 Å². The van der Waals surface area contributed by atoms with Crippen LogP contribution in [0.25, 0.3) is 49.4 Å². The maximum absolute atomic E-state index is 4.71. The summed E-state index contributed by atoms with van der Waals surface area (Å²) in [6.45, 7) is 4.04. The van der Waals surface area contributed by atoms with E-state index < -0.39 is 0 Å². The first-order valence-electron chi connectivity index (χ1n) is 10.7. The Morgan fingerprint density at radius 1 is 0.812 bits per heavy atom. The number of aromatic nitrogens is 4. The quantitative estimate of drug-likeness (QED) is 0.240. The van der Waals surface area contributed by atoms with Gasteiger partial charge in [-0.3, -0.25) is 9.13 Å². The number of hydrogen-bond acceptors (Lipinski definition) is 3. The lowest BCUT2D eigenvalue weighted by molar-refractivity contribution is 1.04. The van der Waals surface area contributed by atoms with E-state index in [4.69, 9.17) is 4.99 Å². The molecule has 0 saturated heterocycles. The molecule has 0 saturated carbocycles. The van der Waals surface area contributed by atoms with Crippen LogP contribution < -0.4 is 0 Å². The molecule has 0 fully saturated rings. The van der Waals surface area contributed by atoms with Crippen LogP contribution in [-0.2, 0) is 0 Å². The Morgan fingerprint density at radius 3 is 2.22 bits per heavy atom. The molecule has 5 nitrogen and oxygen atoms in total. The summed E-state index contributed by atoms with van der Waals surface area (Å²) in [7, 11) is 0. The summed E-state index contributed by atoms with van der Waals surface area (Å²) in [5, 5.41) is 4.79. The summed E-state index contributed by atoms with van der Waals surface area (Å²) >= 11 is 0. The summed E-state index contributed by atoms with van der Waals surface area (Å²) < 4.78 is 4.51. The predicted molar refractivity (Wildman–Crippen MR) is 133 cm³/mol. The molecule has 0 aliphatic heterocycles. The van der Waals surface area contributed by atoms with Crippen LogP contribution in [0.4, 0.5) is 0 Å². The Bertz CT molecular complexity index is 1680. The van der Waals surface area contributed by atoms with Crippen molar-refractivity contribution in [3.8, 4) is 5.82 Å². The second kappa shape index (κ2) is 7.17. The fourth-order valence-corrected chi connectivity index (χ4v) is 4.73. The normalized spacial score (nSPS) is 12.8. The average molecular weight is 416 g/mol. The van der Waals surface area contributed by atoms with E-state index in [0.717, 1.165) is 33.7 Å². The lowest BCUT2D eigenvalue weighted by Crippen LogP contribution is -2.08. The van der Waals surface area contributed by atoms with E-state index in [-0.39, 0.29) is 0 Å². The third-order valence-corrected chi connectivity index (χ3v) is 6.00. The second-order valence-electron chi connectivity index (χ2n) is 7.79. The van der Waals surface area contributed by atoms with E-state index in [0.29, 0.717) is 0 Å². The highest BCUT2D eigenvalue weighted by molar-refractivity contribution is 6.25. The van der Waals surface area contributed by atoms with Gasteiger partial charge in [0, 0.05) is 33.9 Å². The van der Waals surface area contributed by atoms with Crippen LogP contribution in [0.3, 0.4) is 0 Å². The Hall–Kier alpha value is -4.25. The fourth-order valence-electron chi connectivity index (χ4n) is 4.73.